The van der Waals surface area contributed by atoms with Gasteiger partial charge < -0.3 is 29.3 Å². The van der Waals surface area contributed by atoms with Gasteiger partial charge in [0.25, 0.3) is 11.7 Å². The topological polar surface area (TPSA) is 106 Å². The highest BCUT2D eigenvalue weighted by molar-refractivity contribution is 6.46. The zero-order valence-electron chi connectivity index (χ0n) is 20.5. The van der Waals surface area contributed by atoms with Gasteiger partial charge in [-0.2, -0.15) is 0 Å². The third-order valence-electron chi connectivity index (χ3n) is 5.65. The summed E-state index contributed by atoms with van der Waals surface area (Å²) in [4.78, 5) is 27.8. The molecule has 8 heteroatoms. The number of unbranched alkanes of at least 4 members (excludes halogenated alkanes) is 1. The molecule has 0 saturated carbocycles. The molecular weight excluding hydrogens is 450 g/mol. The van der Waals surface area contributed by atoms with Crippen molar-refractivity contribution in [1.82, 2.24) is 4.90 Å². The summed E-state index contributed by atoms with van der Waals surface area (Å²) in [7, 11) is 0. The molecule has 2 aromatic rings. The molecule has 1 aliphatic heterocycles. The Hall–Kier alpha value is -3.52. The summed E-state index contributed by atoms with van der Waals surface area (Å²) in [6.07, 6.45) is 1.54. The van der Waals surface area contributed by atoms with Crippen molar-refractivity contribution in [2.45, 2.75) is 39.7 Å². The molecule has 0 aromatic heterocycles. The standard InChI is InChI=1S/C27H33NO7/c1-4-7-13-28-24(18-9-8-10-19(16-18)35-15-14-29)23(26(31)27(28)32)25(30)21-12-11-20(33-5-2)17-22(21)34-6-3/h8-12,16-17,24,29-30H,4-7,13-15H2,1-3H3/b25-23-. The second-order valence-electron chi connectivity index (χ2n) is 8.01. The smallest absolute Gasteiger partial charge is 0.295 e. The van der Waals surface area contributed by atoms with Crippen LogP contribution in [-0.4, -0.2) is 59.8 Å². The van der Waals surface area contributed by atoms with E-state index in [4.69, 9.17) is 19.3 Å². The van der Waals surface area contributed by atoms with Gasteiger partial charge in [0, 0.05) is 12.6 Å². The summed E-state index contributed by atoms with van der Waals surface area (Å²) >= 11 is 0. The van der Waals surface area contributed by atoms with Gasteiger partial charge in [-0.05, 0) is 50.1 Å². The maximum Gasteiger partial charge on any atom is 0.295 e. The summed E-state index contributed by atoms with van der Waals surface area (Å²) in [6, 6.07) is 11.2. The summed E-state index contributed by atoms with van der Waals surface area (Å²) in [5.74, 6) is -0.290. The van der Waals surface area contributed by atoms with Crippen molar-refractivity contribution in [3.05, 3.63) is 59.2 Å². The molecule has 1 aliphatic rings. The highest BCUT2D eigenvalue weighted by Crippen LogP contribution is 2.42. The number of hydrogen-bond acceptors (Lipinski definition) is 7. The highest BCUT2D eigenvalue weighted by Gasteiger charge is 2.46. The van der Waals surface area contributed by atoms with Crippen LogP contribution >= 0.6 is 0 Å². The molecule has 1 fully saturated rings. The Kier molecular flexibility index (Phi) is 9.14. The first kappa shape index (κ1) is 26.1. The average molecular weight is 484 g/mol. The lowest BCUT2D eigenvalue weighted by Crippen LogP contribution is -2.30. The Balaban J connectivity index is 2.17. The number of carbonyl (C=O) groups is 2. The first-order chi connectivity index (χ1) is 17.0. The molecule has 3 rings (SSSR count). The maximum absolute atomic E-state index is 13.2. The highest BCUT2D eigenvalue weighted by atomic mass is 16.5. The second kappa shape index (κ2) is 12.3. The fourth-order valence-corrected chi connectivity index (χ4v) is 4.10. The molecule has 2 aromatic carbocycles. The third kappa shape index (κ3) is 5.77. The number of carbonyl (C=O) groups excluding carboxylic acids is 2. The minimum Gasteiger partial charge on any atom is -0.507 e. The monoisotopic (exact) mass is 483 g/mol. The fourth-order valence-electron chi connectivity index (χ4n) is 4.10. The minimum atomic E-state index is -0.791. The van der Waals surface area contributed by atoms with Gasteiger partial charge in [-0.25, -0.2) is 0 Å². The number of ether oxygens (including phenoxy) is 3. The van der Waals surface area contributed by atoms with Gasteiger partial charge in [0.1, 0.15) is 29.6 Å². The van der Waals surface area contributed by atoms with E-state index >= 15 is 0 Å². The molecule has 8 nitrogen and oxygen atoms in total. The quantitative estimate of drug-likeness (QED) is 0.266. The van der Waals surface area contributed by atoms with E-state index in [0.717, 1.165) is 6.42 Å². The van der Waals surface area contributed by atoms with Crippen molar-refractivity contribution in [1.29, 1.82) is 0 Å². The Morgan fingerprint density at radius 3 is 2.40 bits per heavy atom. The molecule has 1 unspecified atom stereocenters. The average Bonchev–Trinajstić information content (AvgIpc) is 3.11. The van der Waals surface area contributed by atoms with Crippen LogP contribution in [0.1, 0.15) is 50.8 Å². The number of amides is 1. The van der Waals surface area contributed by atoms with Crippen molar-refractivity contribution < 1.29 is 34.0 Å². The molecule has 1 saturated heterocycles. The molecule has 1 amide bonds. The van der Waals surface area contributed by atoms with Crippen molar-refractivity contribution in [2.75, 3.05) is 33.0 Å². The van der Waals surface area contributed by atoms with Crippen LogP contribution in [-0.2, 0) is 9.59 Å². The van der Waals surface area contributed by atoms with E-state index < -0.39 is 17.7 Å². The number of Topliss-reactive ketones (excluding diaryl/α,β-unsaturated/α-hetero) is 1. The zero-order valence-corrected chi connectivity index (χ0v) is 20.5. The van der Waals surface area contributed by atoms with E-state index in [1.165, 1.54) is 4.90 Å². The van der Waals surface area contributed by atoms with Gasteiger partial charge in [0.15, 0.2) is 0 Å². The molecule has 0 aliphatic carbocycles. The van der Waals surface area contributed by atoms with E-state index in [2.05, 4.69) is 0 Å². The molecule has 1 atom stereocenters. The van der Waals surface area contributed by atoms with E-state index in [9.17, 15) is 14.7 Å². The number of likely N-dealkylation sites (tertiary alicyclic amines) is 1. The Morgan fingerprint density at radius 1 is 0.971 bits per heavy atom. The number of ketones is 1. The van der Waals surface area contributed by atoms with Crippen molar-refractivity contribution in [3.8, 4) is 17.2 Å². The molecular formula is C27H33NO7. The fraction of sp³-hybridized carbons (Fsp3) is 0.407. The minimum absolute atomic E-state index is 0.00414. The lowest BCUT2D eigenvalue weighted by atomic mass is 9.94. The lowest BCUT2D eigenvalue weighted by Gasteiger charge is -2.25. The van der Waals surface area contributed by atoms with Crippen molar-refractivity contribution in [2.24, 2.45) is 0 Å². The van der Waals surface area contributed by atoms with Crippen LogP contribution in [0.2, 0.25) is 0 Å². The number of aliphatic hydroxyl groups is 2. The summed E-state index contributed by atoms with van der Waals surface area (Å²) in [5.41, 5.74) is 0.929. The normalized spacial score (nSPS) is 17.0. The van der Waals surface area contributed by atoms with E-state index in [1.54, 1.807) is 42.5 Å². The summed E-state index contributed by atoms with van der Waals surface area (Å²) < 4.78 is 16.8. The van der Waals surface area contributed by atoms with Crippen LogP contribution in [0.25, 0.3) is 5.76 Å². The van der Waals surface area contributed by atoms with Gasteiger partial charge in [-0.15, -0.1) is 0 Å². The Bertz CT molecular complexity index is 1080. The number of aliphatic hydroxyl groups excluding tert-OH is 2. The van der Waals surface area contributed by atoms with Gasteiger partial charge in [0.2, 0.25) is 0 Å². The molecule has 0 bridgehead atoms. The van der Waals surface area contributed by atoms with Crippen molar-refractivity contribution >= 4 is 17.4 Å². The largest absolute Gasteiger partial charge is 0.507 e. The van der Waals surface area contributed by atoms with Crippen molar-refractivity contribution in [3.63, 3.8) is 0 Å². The van der Waals surface area contributed by atoms with Gasteiger partial charge in [-0.1, -0.05) is 25.5 Å². The molecule has 0 spiro atoms. The summed E-state index contributed by atoms with van der Waals surface area (Å²) in [5, 5.41) is 20.5. The van der Waals surface area contributed by atoms with Gasteiger partial charge >= 0.3 is 0 Å². The second-order valence-corrected chi connectivity index (χ2v) is 8.01. The predicted octanol–water partition coefficient (Wildman–Crippen LogP) is 4.08. The lowest BCUT2D eigenvalue weighted by molar-refractivity contribution is -0.139. The van der Waals surface area contributed by atoms with Crippen LogP contribution in [0, 0.1) is 0 Å². The first-order valence-electron chi connectivity index (χ1n) is 12.0. The first-order valence-corrected chi connectivity index (χ1v) is 12.0. The van der Waals surface area contributed by atoms with Crippen LogP contribution in [0.4, 0.5) is 0 Å². The Morgan fingerprint density at radius 2 is 1.71 bits per heavy atom. The molecule has 188 valence electrons. The predicted molar refractivity (Wildman–Crippen MR) is 132 cm³/mol. The Labute approximate surface area is 205 Å². The van der Waals surface area contributed by atoms with Crippen LogP contribution in [0.5, 0.6) is 17.2 Å². The van der Waals surface area contributed by atoms with Gasteiger partial charge in [-0.3, -0.25) is 9.59 Å². The van der Waals surface area contributed by atoms with E-state index in [-0.39, 0.29) is 24.5 Å². The number of nitrogens with zero attached hydrogens (tertiary/aromatic N) is 1. The van der Waals surface area contributed by atoms with Crippen LogP contribution < -0.4 is 14.2 Å². The van der Waals surface area contributed by atoms with E-state index in [0.29, 0.717) is 54.6 Å². The van der Waals surface area contributed by atoms with Crippen LogP contribution in [0.3, 0.4) is 0 Å². The maximum atomic E-state index is 13.2. The molecule has 0 radical (unpaired) electrons. The summed E-state index contributed by atoms with van der Waals surface area (Å²) in [6.45, 7) is 6.83. The van der Waals surface area contributed by atoms with Crippen LogP contribution in [0.15, 0.2) is 48.0 Å². The zero-order chi connectivity index (χ0) is 25.4. The number of benzene rings is 2. The molecule has 35 heavy (non-hydrogen) atoms. The number of rotatable bonds is 12. The molecule has 1 heterocycles. The van der Waals surface area contributed by atoms with E-state index in [1.807, 2.05) is 20.8 Å². The van der Waals surface area contributed by atoms with Gasteiger partial charge in [0.05, 0.1) is 37.0 Å². The molecule has 2 N–H and O–H groups in total. The number of hydrogen-bond donors (Lipinski definition) is 2. The third-order valence-corrected chi connectivity index (χ3v) is 5.65. The SMILES string of the molecule is CCCCN1C(=O)C(=O)/C(=C(\O)c2ccc(OCC)cc2OCC)C1c1cccc(OCCO)c1.